The molecule has 3 aliphatic carbocycles. The van der Waals surface area contributed by atoms with E-state index in [1.807, 2.05) is 0 Å². The SMILES string of the molecule is CC(C)C1=C2C3=CC=C(CNCCCN4CCCC4)C[C@H](O[C@@H]4OC[C@@H](O)[C@H](O)[C@H]4O)[C@]3(C)CC[C@@]2(C)CC1. The number of hydrogen-bond acceptors (Lipinski definition) is 7. The molecule has 4 N–H and O–H groups in total. The summed E-state index contributed by atoms with van der Waals surface area (Å²) in [5, 5.41) is 34.8. The number of hydrogen-bond donors (Lipinski definition) is 4. The van der Waals surface area contributed by atoms with E-state index in [0.717, 1.165) is 51.7 Å². The lowest BCUT2D eigenvalue weighted by Gasteiger charge is -2.50. The first kappa shape index (κ1) is 29.4. The Hall–Kier alpha value is -1.06. The van der Waals surface area contributed by atoms with Gasteiger partial charge in [0.1, 0.15) is 18.3 Å². The number of aliphatic hydroxyl groups is 3. The lowest BCUT2D eigenvalue weighted by atomic mass is 9.57. The van der Waals surface area contributed by atoms with Crippen molar-refractivity contribution in [2.24, 2.45) is 16.7 Å². The summed E-state index contributed by atoms with van der Waals surface area (Å²) < 4.78 is 12.4. The molecule has 0 radical (unpaired) electrons. The van der Waals surface area contributed by atoms with Crippen molar-refractivity contribution < 1.29 is 24.8 Å². The zero-order chi connectivity index (χ0) is 27.8. The van der Waals surface area contributed by atoms with Crippen LogP contribution in [0.3, 0.4) is 0 Å². The van der Waals surface area contributed by atoms with Crippen LogP contribution in [0.25, 0.3) is 0 Å². The van der Waals surface area contributed by atoms with Crippen LogP contribution in [0, 0.1) is 16.7 Å². The third-order valence-electron chi connectivity index (χ3n) is 10.4. The van der Waals surface area contributed by atoms with Gasteiger partial charge in [-0.2, -0.15) is 0 Å². The van der Waals surface area contributed by atoms with Crippen LogP contribution in [0.2, 0.25) is 0 Å². The summed E-state index contributed by atoms with van der Waals surface area (Å²) in [6.07, 6.45) is 8.90. The average Bonchev–Trinajstić information content (AvgIpc) is 3.52. The second-order valence-corrected chi connectivity index (χ2v) is 13.6. The van der Waals surface area contributed by atoms with Crippen molar-refractivity contribution in [1.29, 1.82) is 0 Å². The van der Waals surface area contributed by atoms with Crippen LogP contribution < -0.4 is 5.32 Å². The highest BCUT2D eigenvalue weighted by Gasteiger charge is 2.53. The van der Waals surface area contributed by atoms with E-state index in [4.69, 9.17) is 9.47 Å². The molecule has 7 heteroatoms. The van der Waals surface area contributed by atoms with E-state index in [-0.39, 0.29) is 23.5 Å². The molecule has 39 heavy (non-hydrogen) atoms. The van der Waals surface area contributed by atoms with Gasteiger partial charge in [0.05, 0.1) is 12.7 Å². The standard InChI is InChI=1S/C32H52N2O5/c1-21(2)23-10-11-31(3)12-13-32(4)24(27(23)31)9-8-22(19-33-14-7-17-34-15-5-6-16-34)18-26(32)39-30-29(37)28(36)25(35)20-38-30/h8-9,21,25-26,28-30,33,35-37H,5-7,10-20H2,1-4H3/t25-,26+,28+,29-,30+,31-,32-/m1/s1. The molecule has 3 fully saturated rings. The van der Waals surface area contributed by atoms with Gasteiger partial charge in [-0.1, -0.05) is 51.0 Å². The minimum absolute atomic E-state index is 0.0446. The summed E-state index contributed by atoms with van der Waals surface area (Å²) in [5.41, 5.74) is 5.76. The molecular weight excluding hydrogens is 492 g/mol. The first-order valence-corrected chi connectivity index (χ1v) is 15.5. The fourth-order valence-electron chi connectivity index (χ4n) is 7.74. The average molecular weight is 545 g/mol. The number of nitrogens with zero attached hydrogens (tertiary/aromatic N) is 1. The molecule has 2 heterocycles. The fourth-order valence-corrected chi connectivity index (χ4v) is 7.74. The molecule has 5 aliphatic rings. The van der Waals surface area contributed by atoms with Gasteiger partial charge >= 0.3 is 0 Å². The summed E-state index contributed by atoms with van der Waals surface area (Å²) in [4.78, 5) is 2.56. The van der Waals surface area contributed by atoms with Crippen LogP contribution in [-0.2, 0) is 9.47 Å². The van der Waals surface area contributed by atoms with Gasteiger partial charge in [0.25, 0.3) is 0 Å². The highest BCUT2D eigenvalue weighted by atomic mass is 16.7. The largest absolute Gasteiger partial charge is 0.388 e. The van der Waals surface area contributed by atoms with Gasteiger partial charge in [-0.15, -0.1) is 0 Å². The zero-order valence-corrected chi connectivity index (χ0v) is 24.6. The van der Waals surface area contributed by atoms with Gasteiger partial charge in [-0.3, -0.25) is 0 Å². The van der Waals surface area contributed by atoms with E-state index >= 15 is 0 Å². The normalized spacial score (nSPS) is 39.4. The van der Waals surface area contributed by atoms with Crippen LogP contribution in [-0.4, -0.2) is 90.3 Å². The Morgan fingerprint density at radius 1 is 1.08 bits per heavy atom. The smallest absolute Gasteiger partial charge is 0.186 e. The molecule has 7 atom stereocenters. The third-order valence-corrected chi connectivity index (χ3v) is 10.4. The van der Waals surface area contributed by atoms with Gasteiger partial charge < -0.3 is 35.0 Å². The number of fused-ring (bicyclic) bond motifs is 3. The summed E-state index contributed by atoms with van der Waals surface area (Å²) >= 11 is 0. The summed E-state index contributed by atoms with van der Waals surface area (Å²) in [6, 6.07) is 0. The van der Waals surface area contributed by atoms with Gasteiger partial charge in [-0.05, 0) is 100 Å². The molecule has 2 saturated heterocycles. The Bertz CT molecular complexity index is 970. The number of rotatable bonds is 9. The summed E-state index contributed by atoms with van der Waals surface area (Å²) in [7, 11) is 0. The Morgan fingerprint density at radius 2 is 1.85 bits per heavy atom. The van der Waals surface area contributed by atoms with Crippen LogP contribution >= 0.6 is 0 Å². The molecule has 0 amide bonds. The predicted octanol–water partition coefficient (Wildman–Crippen LogP) is 3.70. The third kappa shape index (κ3) is 5.97. The molecule has 1 saturated carbocycles. The lowest BCUT2D eigenvalue weighted by Crippen LogP contribution is -2.56. The first-order chi connectivity index (χ1) is 18.6. The maximum absolute atomic E-state index is 10.7. The minimum atomic E-state index is -1.28. The molecule has 0 bridgehead atoms. The molecule has 2 aliphatic heterocycles. The Morgan fingerprint density at radius 3 is 2.59 bits per heavy atom. The fraction of sp³-hybridized carbons (Fsp3) is 0.812. The maximum Gasteiger partial charge on any atom is 0.186 e. The second-order valence-electron chi connectivity index (χ2n) is 13.6. The molecule has 0 aromatic heterocycles. The van der Waals surface area contributed by atoms with E-state index in [9.17, 15) is 15.3 Å². The quantitative estimate of drug-likeness (QED) is 0.329. The zero-order valence-electron chi connectivity index (χ0n) is 24.6. The molecule has 7 nitrogen and oxygen atoms in total. The first-order valence-electron chi connectivity index (χ1n) is 15.5. The summed E-state index contributed by atoms with van der Waals surface area (Å²) in [6.45, 7) is 14.8. The molecule has 0 unspecified atom stereocenters. The number of allylic oxidation sites excluding steroid dienone is 4. The van der Waals surface area contributed by atoms with Crippen molar-refractivity contribution in [1.82, 2.24) is 10.2 Å². The molecule has 220 valence electrons. The molecule has 5 rings (SSSR count). The minimum Gasteiger partial charge on any atom is -0.388 e. The Balaban J connectivity index is 1.38. The van der Waals surface area contributed by atoms with Crippen molar-refractivity contribution in [2.45, 2.75) is 110 Å². The van der Waals surface area contributed by atoms with Crippen LogP contribution in [0.5, 0.6) is 0 Å². The van der Waals surface area contributed by atoms with Crippen LogP contribution in [0.15, 0.2) is 34.4 Å². The second kappa shape index (κ2) is 12.0. The maximum atomic E-state index is 10.7. The van der Waals surface area contributed by atoms with E-state index in [0.29, 0.717) is 5.92 Å². The lowest BCUT2D eigenvalue weighted by molar-refractivity contribution is -0.291. The topological polar surface area (TPSA) is 94.4 Å². The van der Waals surface area contributed by atoms with Crippen LogP contribution in [0.1, 0.15) is 79.1 Å². The van der Waals surface area contributed by atoms with Crippen molar-refractivity contribution >= 4 is 0 Å². The highest BCUT2D eigenvalue weighted by Crippen LogP contribution is 2.62. The van der Waals surface area contributed by atoms with Gasteiger partial charge in [-0.25, -0.2) is 0 Å². The van der Waals surface area contributed by atoms with Crippen molar-refractivity contribution in [2.75, 3.05) is 39.3 Å². The molecular formula is C32H52N2O5. The van der Waals surface area contributed by atoms with E-state index < -0.39 is 24.6 Å². The molecule has 0 aromatic carbocycles. The predicted molar refractivity (Wildman–Crippen MR) is 153 cm³/mol. The van der Waals surface area contributed by atoms with Crippen molar-refractivity contribution in [3.63, 3.8) is 0 Å². The molecule has 0 aromatic rings. The van der Waals surface area contributed by atoms with Gasteiger partial charge in [0, 0.05) is 12.0 Å². The van der Waals surface area contributed by atoms with Crippen molar-refractivity contribution in [3.05, 3.63) is 34.4 Å². The summed E-state index contributed by atoms with van der Waals surface area (Å²) in [5.74, 6) is 0.508. The van der Waals surface area contributed by atoms with Crippen molar-refractivity contribution in [3.8, 4) is 0 Å². The van der Waals surface area contributed by atoms with Gasteiger partial charge in [0.2, 0.25) is 0 Å². The number of nitrogens with one attached hydrogen (secondary N) is 1. The highest BCUT2D eigenvalue weighted by molar-refractivity contribution is 5.52. The van der Waals surface area contributed by atoms with E-state index in [1.54, 1.807) is 5.57 Å². The molecule has 0 spiro atoms. The Labute approximate surface area is 235 Å². The van der Waals surface area contributed by atoms with Crippen LogP contribution in [0.4, 0.5) is 0 Å². The van der Waals surface area contributed by atoms with E-state index in [2.05, 4.69) is 50.1 Å². The van der Waals surface area contributed by atoms with Gasteiger partial charge in [0.15, 0.2) is 6.29 Å². The number of aliphatic hydroxyl groups excluding tert-OH is 3. The number of likely N-dealkylation sites (tertiary alicyclic amines) is 1. The monoisotopic (exact) mass is 544 g/mol. The number of ether oxygens (including phenoxy) is 2. The van der Waals surface area contributed by atoms with E-state index in [1.165, 1.54) is 49.1 Å². The Kier molecular flexibility index (Phi) is 9.09.